The Hall–Kier alpha value is -3.08. The fraction of sp³-hybridized carbons (Fsp3) is 0.304. The van der Waals surface area contributed by atoms with E-state index in [-0.39, 0.29) is 17.7 Å². The number of likely N-dealkylation sites (tertiary alicyclic amines) is 1. The van der Waals surface area contributed by atoms with Crippen LogP contribution in [0.25, 0.3) is 6.08 Å². The highest BCUT2D eigenvalue weighted by Crippen LogP contribution is 2.18. The van der Waals surface area contributed by atoms with Gasteiger partial charge in [-0.3, -0.25) is 9.59 Å². The van der Waals surface area contributed by atoms with Crippen molar-refractivity contribution in [2.45, 2.75) is 19.4 Å². The van der Waals surface area contributed by atoms with E-state index in [9.17, 15) is 9.59 Å². The molecular weight excluding hydrogens is 352 g/mol. The Morgan fingerprint density at radius 3 is 2.39 bits per heavy atom. The van der Waals surface area contributed by atoms with E-state index < -0.39 is 0 Å². The summed E-state index contributed by atoms with van der Waals surface area (Å²) in [7, 11) is 1.63. The minimum Gasteiger partial charge on any atom is -0.497 e. The van der Waals surface area contributed by atoms with Gasteiger partial charge in [0.15, 0.2) is 0 Å². The standard InChI is InChI=1S/C23H26N2O3/c1-28-21-10-7-19(8-11-21)17-24-23(27)20-13-15-25(16-14-20)22(26)12-9-18-5-3-2-4-6-18/h2-12,20H,13-17H2,1H3,(H,24,27)/b12-9+. The number of benzene rings is 2. The van der Waals surface area contributed by atoms with E-state index in [1.54, 1.807) is 13.2 Å². The van der Waals surface area contributed by atoms with Crippen LogP contribution in [0.2, 0.25) is 0 Å². The Balaban J connectivity index is 1.43. The highest BCUT2D eigenvalue weighted by Gasteiger charge is 2.26. The highest BCUT2D eigenvalue weighted by molar-refractivity contribution is 5.92. The summed E-state index contributed by atoms with van der Waals surface area (Å²) in [5.41, 5.74) is 2.04. The van der Waals surface area contributed by atoms with E-state index in [0.29, 0.717) is 32.5 Å². The zero-order valence-corrected chi connectivity index (χ0v) is 16.1. The van der Waals surface area contributed by atoms with E-state index in [4.69, 9.17) is 4.74 Å². The molecule has 0 spiro atoms. The molecule has 0 bridgehead atoms. The summed E-state index contributed by atoms with van der Waals surface area (Å²) >= 11 is 0. The third-order valence-corrected chi connectivity index (χ3v) is 5.02. The molecule has 0 unspecified atom stereocenters. The first kappa shape index (κ1) is 19.7. The van der Waals surface area contributed by atoms with E-state index in [2.05, 4.69) is 5.32 Å². The SMILES string of the molecule is COc1ccc(CNC(=O)C2CCN(C(=O)/C=C/c3ccccc3)CC2)cc1. The van der Waals surface area contributed by atoms with Gasteiger partial charge in [-0.1, -0.05) is 42.5 Å². The van der Waals surface area contributed by atoms with Crippen LogP contribution in [0.1, 0.15) is 24.0 Å². The van der Waals surface area contributed by atoms with Crippen LogP contribution in [0.5, 0.6) is 5.75 Å². The Morgan fingerprint density at radius 2 is 1.75 bits per heavy atom. The predicted octanol–water partition coefficient (Wildman–Crippen LogP) is 3.26. The summed E-state index contributed by atoms with van der Waals surface area (Å²) in [6, 6.07) is 17.4. The lowest BCUT2D eigenvalue weighted by Crippen LogP contribution is -2.42. The molecule has 3 rings (SSSR count). The van der Waals surface area contributed by atoms with E-state index >= 15 is 0 Å². The lowest BCUT2D eigenvalue weighted by atomic mass is 9.95. The molecule has 1 heterocycles. The third kappa shape index (κ3) is 5.46. The van der Waals surface area contributed by atoms with Gasteiger partial charge >= 0.3 is 0 Å². The molecule has 1 aliphatic heterocycles. The Morgan fingerprint density at radius 1 is 1.07 bits per heavy atom. The van der Waals surface area contributed by atoms with Crippen LogP contribution in [0.3, 0.4) is 0 Å². The molecular formula is C23H26N2O3. The number of amides is 2. The Kier molecular flexibility index (Phi) is 6.84. The second-order valence-corrected chi connectivity index (χ2v) is 6.91. The van der Waals surface area contributed by atoms with Crippen molar-refractivity contribution >= 4 is 17.9 Å². The van der Waals surface area contributed by atoms with Crippen LogP contribution >= 0.6 is 0 Å². The molecule has 0 saturated carbocycles. The maximum absolute atomic E-state index is 12.4. The van der Waals surface area contributed by atoms with E-state index in [1.807, 2.05) is 65.6 Å². The Labute approximate surface area is 166 Å². The van der Waals surface area contributed by atoms with Crippen LogP contribution in [-0.4, -0.2) is 36.9 Å². The Bertz CT molecular complexity index is 808. The number of piperidine rings is 1. The number of hydrogen-bond donors (Lipinski definition) is 1. The monoisotopic (exact) mass is 378 g/mol. The smallest absolute Gasteiger partial charge is 0.246 e. The molecule has 2 amide bonds. The molecule has 0 atom stereocenters. The largest absolute Gasteiger partial charge is 0.497 e. The maximum atomic E-state index is 12.4. The van der Waals surface area contributed by atoms with Crippen molar-refractivity contribution in [3.63, 3.8) is 0 Å². The fourth-order valence-electron chi connectivity index (χ4n) is 3.28. The first-order chi connectivity index (χ1) is 13.7. The normalized spacial score (nSPS) is 14.8. The van der Waals surface area contributed by atoms with Gasteiger partial charge in [0.2, 0.25) is 11.8 Å². The lowest BCUT2D eigenvalue weighted by Gasteiger charge is -2.30. The average molecular weight is 378 g/mol. The summed E-state index contributed by atoms with van der Waals surface area (Å²) in [5.74, 6) is 0.817. The topological polar surface area (TPSA) is 58.6 Å². The van der Waals surface area contributed by atoms with Gasteiger partial charge in [0.25, 0.3) is 0 Å². The number of carbonyl (C=O) groups excluding carboxylic acids is 2. The van der Waals surface area contributed by atoms with Gasteiger partial charge in [0.05, 0.1) is 7.11 Å². The molecule has 2 aromatic carbocycles. The summed E-state index contributed by atoms with van der Waals surface area (Å²) < 4.78 is 5.14. The van der Waals surface area contributed by atoms with Crippen LogP contribution in [0.4, 0.5) is 0 Å². The lowest BCUT2D eigenvalue weighted by molar-refractivity contribution is -0.132. The van der Waals surface area contributed by atoms with Gasteiger partial charge in [-0.05, 0) is 42.2 Å². The number of nitrogens with zero attached hydrogens (tertiary/aromatic N) is 1. The molecule has 1 aliphatic rings. The third-order valence-electron chi connectivity index (χ3n) is 5.02. The number of nitrogens with one attached hydrogen (secondary N) is 1. The molecule has 0 aromatic heterocycles. The van der Waals surface area contributed by atoms with Crippen molar-refractivity contribution in [2.24, 2.45) is 5.92 Å². The minimum atomic E-state index is -0.0413. The van der Waals surface area contributed by atoms with Gasteiger partial charge < -0.3 is 15.0 Å². The molecule has 1 saturated heterocycles. The van der Waals surface area contributed by atoms with Gasteiger partial charge in [-0.25, -0.2) is 0 Å². The molecule has 5 nitrogen and oxygen atoms in total. The van der Waals surface area contributed by atoms with E-state index in [0.717, 1.165) is 16.9 Å². The summed E-state index contributed by atoms with van der Waals surface area (Å²) in [4.78, 5) is 26.6. The molecule has 146 valence electrons. The van der Waals surface area contributed by atoms with E-state index in [1.165, 1.54) is 0 Å². The van der Waals surface area contributed by atoms with Crippen molar-refractivity contribution in [1.29, 1.82) is 0 Å². The second kappa shape index (κ2) is 9.74. The second-order valence-electron chi connectivity index (χ2n) is 6.91. The number of hydrogen-bond acceptors (Lipinski definition) is 3. The van der Waals surface area contributed by atoms with Crippen LogP contribution < -0.4 is 10.1 Å². The first-order valence-electron chi connectivity index (χ1n) is 9.58. The molecule has 0 aliphatic carbocycles. The van der Waals surface area contributed by atoms with Crippen molar-refractivity contribution in [3.8, 4) is 5.75 Å². The van der Waals surface area contributed by atoms with Gasteiger partial charge in [-0.2, -0.15) is 0 Å². The zero-order valence-electron chi connectivity index (χ0n) is 16.1. The molecule has 1 N–H and O–H groups in total. The number of ether oxygens (including phenoxy) is 1. The number of carbonyl (C=O) groups is 2. The number of rotatable bonds is 6. The molecule has 28 heavy (non-hydrogen) atoms. The van der Waals surface area contributed by atoms with Crippen molar-refractivity contribution in [1.82, 2.24) is 10.2 Å². The van der Waals surface area contributed by atoms with Crippen LogP contribution in [-0.2, 0) is 16.1 Å². The van der Waals surface area contributed by atoms with Crippen LogP contribution in [0.15, 0.2) is 60.7 Å². The molecule has 0 radical (unpaired) electrons. The summed E-state index contributed by atoms with van der Waals surface area (Å²) in [5, 5.41) is 3.00. The average Bonchev–Trinajstić information content (AvgIpc) is 2.77. The summed E-state index contributed by atoms with van der Waals surface area (Å²) in [6.07, 6.45) is 4.83. The van der Waals surface area contributed by atoms with Gasteiger partial charge in [0.1, 0.15) is 5.75 Å². The summed E-state index contributed by atoms with van der Waals surface area (Å²) in [6.45, 7) is 1.72. The fourth-order valence-corrected chi connectivity index (χ4v) is 3.28. The molecule has 5 heteroatoms. The predicted molar refractivity (Wildman–Crippen MR) is 110 cm³/mol. The first-order valence-corrected chi connectivity index (χ1v) is 9.58. The van der Waals surface area contributed by atoms with Crippen molar-refractivity contribution < 1.29 is 14.3 Å². The number of methoxy groups -OCH3 is 1. The van der Waals surface area contributed by atoms with Crippen molar-refractivity contribution in [3.05, 3.63) is 71.8 Å². The maximum Gasteiger partial charge on any atom is 0.246 e. The quantitative estimate of drug-likeness (QED) is 0.785. The van der Waals surface area contributed by atoms with Crippen LogP contribution in [0, 0.1) is 5.92 Å². The van der Waals surface area contributed by atoms with Crippen molar-refractivity contribution in [2.75, 3.05) is 20.2 Å². The zero-order chi connectivity index (χ0) is 19.8. The molecule has 1 fully saturated rings. The van der Waals surface area contributed by atoms with Gasteiger partial charge in [0, 0.05) is 31.6 Å². The highest BCUT2D eigenvalue weighted by atomic mass is 16.5. The van der Waals surface area contributed by atoms with Gasteiger partial charge in [-0.15, -0.1) is 0 Å². The minimum absolute atomic E-state index is 0.000874. The molecule has 2 aromatic rings.